The molecule has 134 valence electrons. The largest absolute Gasteiger partial charge is 0.307 e. The molecule has 1 fully saturated rings. The summed E-state index contributed by atoms with van der Waals surface area (Å²) in [5.41, 5.74) is 7.62. The zero-order chi connectivity index (χ0) is 17.7. The molecule has 0 bridgehead atoms. The molecule has 25 heavy (non-hydrogen) atoms. The van der Waals surface area contributed by atoms with Crippen molar-refractivity contribution in [3.63, 3.8) is 0 Å². The van der Waals surface area contributed by atoms with Gasteiger partial charge in [-0.05, 0) is 23.8 Å². The van der Waals surface area contributed by atoms with Crippen LogP contribution in [0.3, 0.4) is 0 Å². The number of hydrogen-bond acceptors (Lipinski definition) is 2. The van der Waals surface area contributed by atoms with Gasteiger partial charge in [-0.15, -0.1) is 0 Å². The summed E-state index contributed by atoms with van der Waals surface area (Å²) in [6.07, 6.45) is 14.3. The van der Waals surface area contributed by atoms with Crippen molar-refractivity contribution in [3.05, 3.63) is 59.7 Å². The Morgan fingerprint density at radius 1 is 1.08 bits per heavy atom. The lowest BCUT2D eigenvalue weighted by molar-refractivity contribution is 0.380. The van der Waals surface area contributed by atoms with Gasteiger partial charge in [0.25, 0.3) is 0 Å². The fourth-order valence-electron chi connectivity index (χ4n) is 3.97. The molecule has 0 radical (unpaired) electrons. The standard InChI is InChI=1S/C23H32N2/c1-23(2,3)21-16-10-13-19(21)17-22(18-11-6-4-7-12-18)25-24-20-14-8-5-9-15-20/h4,6-7,10-13,16,19-20,24H,5,8-9,14-15,17H2,1-3H3. The molecule has 1 saturated carbocycles. The zero-order valence-electron chi connectivity index (χ0n) is 16.0. The van der Waals surface area contributed by atoms with E-state index < -0.39 is 0 Å². The second kappa shape index (κ2) is 8.03. The van der Waals surface area contributed by atoms with Crippen molar-refractivity contribution in [1.82, 2.24) is 5.43 Å². The molecule has 1 aromatic carbocycles. The van der Waals surface area contributed by atoms with Gasteiger partial charge in [0.1, 0.15) is 0 Å². The Hall–Kier alpha value is -1.83. The lowest BCUT2D eigenvalue weighted by atomic mass is 9.78. The quantitative estimate of drug-likeness (QED) is 0.528. The fraction of sp³-hybridized carbons (Fsp3) is 0.522. The molecule has 1 atom stereocenters. The van der Waals surface area contributed by atoms with Gasteiger partial charge in [0, 0.05) is 18.4 Å². The monoisotopic (exact) mass is 336 g/mol. The summed E-state index contributed by atoms with van der Waals surface area (Å²) in [5, 5.41) is 4.90. The molecule has 0 saturated heterocycles. The van der Waals surface area contributed by atoms with Gasteiger partial charge >= 0.3 is 0 Å². The average Bonchev–Trinajstić information content (AvgIpc) is 3.09. The first kappa shape index (κ1) is 18.0. The van der Waals surface area contributed by atoms with Crippen LogP contribution in [0.5, 0.6) is 0 Å². The van der Waals surface area contributed by atoms with Gasteiger partial charge in [-0.1, -0.05) is 94.2 Å². The van der Waals surface area contributed by atoms with Crippen molar-refractivity contribution >= 4 is 5.71 Å². The van der Waals surface area contributed by atoms with Crippen LogP contribution in [0.1, 0.15) is 64.9 Å². The third-order valence-electron chi connectivity index (χ3n) is 5.39. The van der Waals surface area contributed by atoms with Crippen LogP contribution in [0.25, 0.3) is 0 Å². The maximum absolute atomic E-state index is 4.90. The van der Waals surface area contributed by atoms with E-state index in [2.05, 4.69) is 74.8 Å². The molecule has 2 aliphatic rings. The van der Waals surface area contributed by atoms with Crippen molar-refractivity contribution in [2.24, 2.45) is 16.4 Å². The lowest BCUT2D eigenvalue weighted by Gasteiger charge is -2.27. The highest BCUT2D eigenvalue weighted by Gasteiger charge is 2.27. The minimum atomic E-state index is 0.201. The van der Waals surface area contributed by atoms with E-state index >= 15 is 0 Å². The number of nitrogens with zero attached hydrogens (tertiary/aromatic N) is 1. The predicted molar refractivity (Wildman–Crippen MR) is 108 cm³/mol. The number of allylic oxidation sites excluding steroid dienone is 4. The van der Waals surface area contributed by atoms with Gasteiger partial charge < -0.3 is 5.43 Å². The molecule has 2 aliphatic carbocycles. The third kappa shape index (κ3) is 4.84. The molecule has 2 nitrogen and oxygen atoms in total. The molecule has 0 amide bonds. The number of rotatable bonds is 5. The summed E-state index contributed by atoms with van der Waals surface area (Å²) < 4.78 is 0. The molecule has 1 unspecified atom stereocenters. The van der Waals surface area contributed by atoms with Gasteiger partial charge in [0.05, 0.1) is 5.71 Å². The first-order valence-electron chi connectivity index (χ1n) is 9.80. The molecule has 2 heteroatoms. The Morgan fingerprint density at radius 3 is 2.48 bits per heavy atom. The van der Waals surface area contributed by atoms with Crippen molar-refractivity contribution in [3.8, 4) is 0 Å². The highest BCUT2D eigenvalue weighted by atomic mass is 15.3. The normalized spacial score (nSPS) is 22.1. The number of hydrogen-bond donors (Lipinski definition) is 1. The summed E-state index contributed by atoms with van der Waals surface area (Å²) >= 11 is 0. The van der Waals surface area contributed by atoms with Gasteiger partial charge in [0.15, 0.2) is 0 Å². The molecule has 3 rings (SSSR count). The molecule has 1 aromatic rings. The first-order valence-corrected chi connectivity index (χ1v) is 9.80. The van der Waals surface area contributed by atoms with E-state index in [0.29, 0.717) is 12.0 Å². The molecule has 0 heterocycles. The average molecular weight is 337 g/mol. The van der Waals surface area contributed by atoms with Crippen LogP contribution < -0.4 is 5.43 Å². The topological polar surface area (TPSA) is 24.4 Å². The SMILES string of the molecule is CC(C)(C)C1=CC=CC1CC(=NNC1CCCCC1)c1ccccc1. The van der Waals surface area contributed by atoms with E-state index in [1.807, 2.05) is 0 Å². The lowest BCUT2D eigenvalue weighted by Crippen LogP contribution is -2.28. The zero-order valence-corrected chi connectivity index (χ0v) is 16.0. The summed E-state index contributed by atoms with van der Waals surface area (Å²) in [6, 6.07) is 11.2. The van der Waals surface area contributed by atoms with Crippen LogP contribution in [0.2, 0.25) is 0 Å². The highest BCUT2D eigenvalue weighted by molar-refractivity contribution is 6.00. The van der Waals surface area contributed by atoms with E-state index in [9.17, 15) is 0 Å². The second-order valence-corrected chi connectivity index (χ2v) is 8.46. The molecule has 1 N–H and O–H groups in total. The van der Waals surface area contributed by atoms with E-state index in [4.69, 9.17) is 5.10 Å². The molecule has 0 aromatic heterocycles. The Labute approximate surface area is 153 Å². The second-order valence-electron chi connectivity index (χ2n) is 8.46. The van der Waals surface area contributed by atoms with Crippen molar-refractivity contribution in [2.45, 2.75) is 65.3 Å². The van der Waals surface area contributed by atoms with Crippen LogP contribution in [0.15, 0.2) is 59.2 Å². The van der Waals surface area contributed by atoms with E-state index in [-0.39, 0.29) is 5.41 Å². The number of nitrogens with one attached hydrogen (secondary N) is 1. The third-order valence-corrected chi connectivity index (χ3v) is 5.39. The minimum absolute atomic E-state index is 0.201. The van der Waals surface area contributed by atoms with Gasteiger partial charge in [-0.2, -0.15) is 5.10 Å². The van der Waals surface area contributed by atoms with E-state index in [1.54, 1.807) is 0 Å². The fourth-order valence-corrected chi connectivity index (χ4v) is 3.97. The van der Waals surface area contributed by atoms with Crippen molar-refractivity contribution in [1.29, 1.82) is 0 Å². The Balaban J connectivity index is 1.77. The van der Waals surface area contributed by atoms with Crippen LogP contribution >= 0.6 is 0 Å². The van der Waals surface area contributed by atoms with E-state index in [0.717, 1.165) is 6.42 Å². The van der Waals surface area contributed by atoms with Crippen LogP contribution in [0.4, 0.5) is 0 Å². The number of benzene rings is 1. The van der Waals surface area contributed by atoms with Crippen molar-refractivity contribution in [2.75, 3.05) is 0 Å². The molecular weight excluding hydrogens is 304 g/mol. The summed E-state index contributed by atoms with van der Waals surface area (Å²) in [7, 11) is 0. The maximum atomic E-state index is 4.90. The smallest absolute Gasteiger partial charge is 0.0684 e. The van der Waals surface area contributed by atoms with Crippen LogP contribution in [0, 0.1) is 11.3 Å². The predicted octanol–water partition coefficient (Wildman–Crippen LogP) is 5.86. The Morgan fingerprint density at radius 2 is 1.80 bits per heavy atom. The van der Waals surface area contributed by atoms with Gasteiger partial charge in [-0.25, -0.2) is 0 Å². The molecular formula is C23H32N2. The van der Waals surface area contributed by atoms with Crippen LogP contribution in [-0.2, 0) is 0 Å². The first-order chi connectivity index (χ1) is 12.0. The van der Waals surface area contributed by atoms with Gasteiger partial charge in [0.2, 0.25) is 0 Å². The highest BCUT2D eigenvalue weighted by Crippen LogP contribution is 2.37. The van der Waals surface area contributed by atoms with E-state index in [1.165, 1.54) is 49.0 Å². The van der Waals surface area contributed by atoms with Gasteiger partial charge in [-0.3, -0.25) is 0 Å². The van der Waals surface area contributed by atoms with Crippen molar-refractivity contribution < 1.29 is 0 Å². The summed E-state index contributed by atoms with van der Waals surface area (Å²) in [5.74, 6) is 0.451. The maximum Gasteiger partial charge on any atom is 0.0684 e. The Kier molecular flexibility index (Phi) is 5.78. The molecule has 0 aliphatic heterocycles. The molecule has 0 spiro atoms. The summed E-state index contributed by atoms with van der Waals surface area (Å²) in [6.45, 7) is 6.91. The minimum Gasteiger partial charge on any atom is -0.307 e. The van der Waals surface area contributed by atoms with Crippen LogP contribution in [-0.4, -0.2) is 11.8 Å². The number of hydrazone groups is 1. The summed E-state index contributed by atoms with van der Waals surface area (Å²) in [4.78, 5) is 0. The Bertz CT molecular complexity index is 640.